The van der Waals surface area contributed by atoms with Gasteiger partial charge in [0.15, 0.2) is 11.5 Å². The van der Waals surface area contributed by atoms with E-state index in [0.29, 0.717) is 13.2 Å². The van der Waals surface area contributed by atoms with E-state index in [2.05, 4.69) is 27.9 Å². The van der Waals surface area contributed by atoms with Crippen LogP contribution in [0.5, 0.6) is 11.5 Å². The second-order valence-electron chi connectivity index (χ2n) is 4.57. The lowest BCUT2D eigenvalue weighted by atomic mass is 10.3. The third-order valence-electron chi connectivity index (χ3n) is 2.98. The molecule has 3 rings (SSSR count). The van der Waals surface area contributed by atoms with E-state index in [4.69, 9.17) is 9.47 Å². The van der Waals surface area contributed by atoms with Crippen LogP contribution in [0.2, 0.25) is 0 Å². The molecule has 0 aliphatic carbocycles. The highest BCUT2D eigenvalue weighted by Gasteiger charge is 2.13. The fraction of sp³-hybridized carbons (Fsp3) is 0.429. The molecule has 0 saturated carbocycles. The first kappa shape index (κ1) is 14.5. The van der Waals surface area contributed by atoms with Gasteiger partial charge in [0, 0.05) is 28.7 Å². The van der Waals surface area contributed by atoms with Gasteiger partial charge in [-0.25, -0.2) is 0 Å². The van der Waals surface area contributed by atoms with Crippen molar-refractivity contribution in [3.63, 3.8) is 0 Å². The lowest BCUT2D eigenvalue weighted by Gasteiger charge is -2.18. The van der Waals surface area contributed by atoms with Crippen molar-refractivity contribution in [3.8, 4) is 11.5 Å². The number of ether oxygens (including phenoxy) is 2. The van der Waals surface area contributed by atoms with Gasteiger partial charge in [-0.3, -0.25) is 0 Å². The zero-order valence-electron chi connectivity index (χ0n) is 11.8. The monoisotopic (exact) mass is 323 g/mol. The maximum absolute atomic E-state index is 5.60. The Morgan fingerprint density at radius 2 is 2.14 bits per heavy atom. The summed E-state index contributed by atoms with van der Waals surface area (Å²) in [5, 5.41) is 8.64. The summed E-state index contributed by atoms with van der Waals surface area (Å²) in [5.41, 5.74) is 1.01. The van der Waals surface area contributed by atoms with Crippen LogP contribution < -0.4 is 14.8 Å². The number of hydrogen-bond donors (Lipinski definition) is 1. The van der Waals surface area contributed by atoms with Gasteiger partial charge < -0.3 is 14.8 Å². The molecule has 1 aromatic carbocycles. The van der Waals surface area contributed by atoms with Crippen molar-refractivity contribution in [3.05, 3.63) is 23.9 Å². The number of thioether (sulfide) groups is 1. The molecular formula is C14H17N3O2S2. The van der Waals surface area contributed by atoms with Crippen molar-refractivity contribution in [1.82, 2.24) is 9.59 Å². The molecule has 0 unspecified atom stereocenters. The number of nitrogens with zero attached hydrogens (tertiary/aromatic N) is 2. The molecule has 21 heavy (non-hydrogen) atoms. The minimum absolute atomic E-state index is 0.613. The Morgan fingerprint density at radius 1 is 1.29 bits per heavy atom. The van der Waals surface area contributed by atoms with Gasteiger partial charge >= 0.3 is 0 Å². The molecule has 7 heteroatoms. The van der Waals surface area contributed by atoms with Crippen LogP contribution in [0.1, 0.15) is 19.0 Å². The molecule has 2 aromatic rings. The van der Waals surface area contributed by atoms with E-state index in [9.17, 15) is 0 Å². The zero-order chi connectivity index (χ0) is 14.5. The maximum atomic E-state index is 5.60. The summed E-state index contributed by atoms with van der Waals surface area (Å²) in [6.45, 7) is 4.33. The fourth-order valence-corrected chi connectivity index (χ4v) is 3.50. The molecule has 2 heterocycles. The SMILES string of the molecule is CCCNc1snnc1CSc1ccc2c(c1)OCCO2. The summed E-state index contributed by atoms with van der Waals surface area (Å²) in [6, 6.07) is 6.04. The molecule has 1 aliphatic heterocycles. The maximum Gasteiger partial charge on any atom is 0.162 e. The number of rotatable bonds is 6. The number of anilines is 1. The molecule has 112 valence electrons. The van der Waals surface area contributed by atoms with Crippen molar-refractivity contribution in [2.24, 2.45) is 0 Å². The lowest BCUT2D eigenvalue weighted by Crippen LogP contribution is -2.15. The number of benzene rings is 1. The first-order valence-corrected chi connectivity index (χ1v) is 8.70. The Balaban J connectivity index is 1.63. The van der Waals surface area contributed by atoms with E-state index in [1.165, 1.54) is 11.5 Å². The van der Waals surface area contributed by atoms with Crippen LogP contribution in [0, 0.1) is 0 Å². The van der Waals surface area contributed by atoms with Crippen LogP contribution in [0.4, 0.5) is 5.00 Å². The summed E-state index contributed by atoms with van der Waals surface area (Å²) < 4.78 is 15.2. The molecule has 0 spiro atoms. The lowest BCUT2D eigenvalue weighted by molar-refractivity contribution is 0.171. The largest absolute Gasteiger partial charge is 0.486 e. The number of nitrogens with one attached hydrogen (secondary N) is 1. The first-order valence-electron chi connectivity index (χ1n) is 6.94. The van der Waals surface area contributed by atoms with Gasteiger partial charge in [0.2, 0.25) is 0 Å². The van der Waals surface area contributed by atoms with Crippen LogP contribution in [0.25, 0.3) is 0 Å². The number of hydrogen-bond acceptors (Lipinski definition) is 7. The van der Waals surface area contributed by atoms with E-state index in [1.54, 1.807) is 11.8 Å². The third kappa shape index (κ3) is 3.59. The summed E-state index contributed by atoms with van der Waals surface area (Å²) >= 11 is 3.14. The summed E-state index contributed by atoms with van der Waals surface area (Å²) in [4.78, 5) is 1.15. The summed E-state index contributed by atoms with van der Waals surface area (Å²) in [7, 11) is 0. The second kappa shape index (κ2) is 7.00. The Labute approximate surface area is 132 Å². The van der Waals surface area contributed by atoms with Crippen molar-refractivity contribution in [2.45, 2.75) is 24.0 Å². The smallest absolute Gasteiger partial charge is 0.162 e. The van der Waals surface area contributed by atoms with E-state index in [1.807, 2.05) is 12.1 Å². The van der Waals surface area contributed by atoms with Crippen molar-refractivity contribution < 1.29 is 9.47 Å². The standard InChI is InChI=1S/C14H17N3O2S2/c1-2-5-15-14-11(16-17-21-14)9-20-10-3-4-12-13(8-10)19-7-6-18-12/h3-4,8,15H,2,5-7,9H2,1H3. The molecule has 0 amide bonds. The van der Waals surface area contributed by atoms with Crippen molar-refractivity contribution >= 4 is 28.3 Å². The molecule has 0 radical (unpaired) electrons. The van der Waals surface area contributed by atoms with Crippen molar-refractivity contribution in [2.75, 3.05) is 25.1 Å². The highest BCUT2D eigenvalue weighted by molar-refractivity contribution is 7.98. The number of fused-ring (bicyclic) bond motifs is 1. The zero-order valence-corrected chi connectivity index (χ0v) is 13.4. The quantitative estimate of drug-likeness (QED) is 0.822. The Hall–Kier alpha value is -1.47. The normalized spacial score (nSPS) is 13.2. The highest BCUT2D eigenvalue weighted by Crippen LogP contribution is 2.35. The molecule has 5 nitrogen and oxygen atoms in total. The van der Waals surface area contributed by atoms with Gasteiger partial charge in [-0.05, 0) is 24.6 Å². The Morgan fingerprint density at radius 3 is 3.00 bits per heavy atom. The van der Waals surface area contributed by atoms with Gasteiger partial charge in [-0.1, -0.05) is 11.4 Å². The molecule has 0 bridgehead atoms. The molecule has 0 saturated heterocycles. The van der Waals surface area contributed by atoms with E-state index < -0.39 is 0 Å². The van der Waals surface area contributed by atoms with Gasteiger partial charge in [-0.15, -0.1) is 16.9 Å². The fourth-order valence-electron chi connectivity index (χ4n) is 1.94. The van der Waals surface area contributed by atoms with Crippen LogP contribution in [-0.4, -0.2) is 29.3 Å². The predicted molar refractivity (Wildman–Crippen MR) is 85.7 cm³/mol. The van der Waals surface area contributed by atoms with E-state index in [0.717, 1.165) is 45.8 Å². The molecule has 0 fully saturated rings. The van der Waals surface area contributed by atoms with Gasteiger partial charge in [-0.2, -0.15) is 0 Å². The third-order valence-corrected chi connectivity index (χ3v) is 4.71. The number of aromatic nitrogens is 2. The van der Waals surface area contributed by atoms with Gasteiger partial charge in [0.05, 0.1) is 0 Å². The summed E-state index contributed by atoms with van der Waals surface area (Å²) in [5.74, 6) is 2.44. The summed E-state index contributed by atoms with van der Waals surface area (Å²) in [6.07, 6.45) is 1.09. The average molecular weight is 323 g/mol. The molecule has 1 aliphatic rings. The average Bonchev–Trinajstić information content (AvgIpc) is 2.98. The molecule has 1 aromatic heterocycles. The minimum Gasteiger partial charge on any atom is -0.486 e. The van der Waals surface area contributed by atoms with Gasteiger partial charge in [0.25, 0.3) is 0 Å². The van der Waals surface area contributed by atoms with E-state index >= 15 is 0 Å². The van der Waals surface area contributed by atoms with Crippen LogP contribution in [-0.2, 0) is 5.75 Å². The molecule has 1 N–H and O–H groups in total. The molecular weight excluding hydrogens is 306 g/mol. The van der Waals surface area contributed by atoms with Gasteiger partial charge in [0.1, 0.15) is 23.9 Å². The van der Waals surface area contributed by atoms with Crippen LogP contribution >= 0.6 is 23.3 Å². The highest BCUT2D eigenvalue weighted by atomic mass is 32.2. The second-order valence-corrected chi connectivity index (χ2v) is 6.37. The Bertz CT molecular complexity index is 604. The Kier molecular flexibility index (Phi) is 4.82. The van der Waals surface area contributed by atoms with E-state index in [-0.39, 0.29) is 0 Å². The minimum atomic E-state index is 0.613. The van der Waals surface area contributed by atoms with Crippen molar-refractivity contribution in [1.29, 1.82) is 0 Å². The van der Waals surface area contributed by atoms with Crippen LogP contribution in [0.15, 0.2) is 23.1 Å². The van der Waals surface area contributed by atoms with Crippen LogP contribution in [0.3, 0.4) is 0 Å². The molecule has 0 atom stereocenters. The predicted octanol–water partition coefficient (Wildman–Crippen LogP) is 3.42. The topological polar surface area (TPSA) is 56.3 Å². The first-order chi connectivity index (χ1) is 10.4.